The van der Waals surface area contributed by atoms with Gasteiger partial charge in [0.1, 0.15) is 0 Å². The number of nitrogens with one attached hydrogen (secondary N) is 1. The minimum absolute atomic E-state index is 0.00772. The molecule has 0 fully saturated rings. The highest BCUT2D eigenvalue weighted by Crippen LogP contribution is 2.18. The summed E-state index contributed by atoms with van der Waals surface area (Å²) in [6.45, 7) is 3.06. The summed E-state index contributed by atoms with van der Waals surface area (Å²) in [4.78, 5) is 22.9. The minimum atomic E-state index is -3.86. The normalized spacial score (nSPS) is 13.6. The van der Waals surface area contributed by atoms with Gasteiger partial charge in [0.05, 0.1) is 10.5 Å². The predicted octanol–water partition coefficient (Wildman–Crippen LogP) is 1.76. The first-order chi connectivity index (χ1) is 12.2. The fraction of sp³-hybridized carbons (Fsp3) is 0.222. The Kier molecular flexibility index (Phi) is 6.12. The highest BCUT2D eigenvalue weighted by Gasteiger charge is 2.21. The molecule has 2 atom stereocenters. The molecule has 0 spiro atoms. The predicted molar refractivity (Wildman–Crippen MR) is 95.7 cm³/mol. The summed E-state index contributed by atoms with van der Waals surface area (Å²) in [5, 5.41) is 0. The third-order valence-corrected chi connectivity index (χ3v) is 5.23. The van der Waals surface area contributed by atoms with Gasteiger partial charge >= 0.3 is 5.97 Å². The number of esters is 1. The lowest BCUT2D eigenvalue weighted by Crippen LogP contribution is -2.30. The summed E-state index contributed by atoms with van der Waals surface area (Å²) < 4.78 is 32.6. The number of carbonyl (C=O) groups excluding carboxylic acids is 2. The Balaban J connectivity index is 2.20. The second-order valence-corrected chi connectivity index (χ2v) is 7.45. The summed E-state index contributed by atoms with van der Waals surface area (Å²) in [6.07, 6.45) is -1.11. The van der Waals surface area contributed by atoms with Crippen LogP contribution in [0, 0.1) is 0 Å². The fourth-order valence-electron chi connectivity index (χ4n) is 2.19. The van der Waals surface area contributed by atoms with Crippen LogP contribution in [0.4, 0.5) is 0 Å². The van der Waals surface area contributed by atoms with Crippen molar-refractivity contribution in [3.05, 3.63) is 65.7 Å². The maximum atomic E-state index is 12.6. The standard InChI is InChI=1S/C18H20N2O5S/c1-12(14-7-4-3-5-8-14)20-26(23,24)16-10-6-9-15(11-16)18(22)25-13(2)17(19)21/h3-13,20H,1-2H3,(H2,19,21)/t12-,13-/m1/s1. The molecule has 8 heteroatoms. The van der Waals surface area contributed by atoms with Crippen molar-refractivity contribution in [2.24, 2.45) is 5.73 Å². The molecule has 0 saturated carbocycles. The first kappa shape index (κ1) is 19.6. The van der Waals surface area contributed by atoms with Gasteiger partial charge in [-0.15, -0.1) is 0 Å². The third-order valence-electron chi connectivity index (χ3n) is 3.70. The molecule has 26 heavy (non-hydrogen) atoms. The van der Waals surface area contributed by atoms with Crippen LogP contribution in [0.25, 0.3) is 0 Å². The number of primary amides is 1. The number of ether oxygens (including phenoxy) is 1. The molecule has 0 radical (unpaired) electrons. The zero-order valence-electron chi connectivity index (χ0n) is 14.4. The van der Waals surface area contributed by atoms with Crippen molar-refractivity contribution in [2.75, 3.05) is 0 Å². The Bertz CT molecular complexity index is 897. The lowest BCUT2D eigenvalue weighted by molar-refractivity contribution is -0.125. The van der Waals surface area contributed by atoms with E-state index < -0.39 is 34.0 Å². The van der Waals surface area contributed by atoms with Gasteiger partial charge in [-0.3, -0.25) is 4.79 Å². The number of sulfonamides is 1. The van der Waals surface area contributed by atoms with E-state index in [0.29, 0.717) is 0 Å². The van der Waals surface area contributed by atoms with Crippen molar-refractivity contribution >= 4 is 21.9 Å². The van der Waals surface area contributed by atoms with Crippen molar-refractivity contribution in [1.82, 2.24) is 4.72 Å². The van der Waals surface area contributed by atoms with Gasteiger partial charge in [-0.2, -0.15) is 0 Å². The molecule has 1 amide bonds. The van der Waals surface area contributed by atoms with E-state index in [-0.39, 0.29) is 10.5 Å². The second-order valence-electron chi connectivity index (χ2n) is 5.73. The molecule has 0 aliphatic carbocycles. The maximum Gasteiger partial charge on any atom is 0.338 e. The van der Waals surface area contributed by atoms with E-state index >= 15 is 0 Å². The fourth-order valence-corrected chi connectivity index (χ4v) is 3.46. The summed E-state index contributed by atoms with van der Waals surface area (Å²) in [5.41, 5.74) is 5.86. The van der Waals surface area contributed by atoms with Gasteiger partial charge in [0, 0.05) is 6.04 Å². The first-order valence-electron chi connectivity index (χ1n) is 7.88. The van der Waals surface area contributed by atoms with Gasteiger partial charge in [-0.1, -0.05) is 36.4 Å². The van der Waals surface area contributed by atoms with Crippen molar-refractivity contribution in [3.63, 3.8) is 0 Å². The lowest BCUT2D eigenvalue weighted by atomic mass is 10.1. The molecule has 0 aliphatic heterocycles. The number of hydrogen-bond acceptors (Lipinski definition) is 5. The molecule has 0 aliphatic rings. The molecule has 0 unspecified atom stereocenters. The van der Waals surface area contributed by atoms with Crippen LogP contribution in [0.1, 0.15) is 35.8 Å². The largest absolute Gasteiger partial charge is 0.449 e. The average Bonchev–Trinajstić information content (AvgIpc) is 2.62. The topological polar surface area (TPSA) is 116 Å². The zero-order valence-corrected chi connectivity index (χ0v) is 15.2. The van der Waals surface area contributed by atoms with Crippen molar-refractivity contribution in [1.29, 1.82) is 0 Å². The molecular weight excluding hydrogens is 356 g/mol. The van der Waals surface area contributed by atoms with E-state index in [0.717, 1.165) is 5.56 Å². The van der Waals surface area contributed by atoms with Crippen LogP contribution in [0.15, 0.2) is 59.5 Å². The van der Waals surface area contributed by atoms with Crippen molar-refractivity contribution in [3.8, 4) is 0 Å². The molecule has 0 heterocycles. The molecular formula is C18H20N2O5S. The Morgan fingerprint density at radius 2 is 1.69 bits per heavy atom. The van der Waals surface area contributed by atoms with Gasteiger partial charge < -0.3 is 10.5 Å². The van der Waals surface area contributed by atoms with Crippen molar-refractivity contribution < 1.29 is 22.7 Å². The molecule has 0 bridgehead atoms. The van der Waals surface area contributed by atoms with Crippen LogP contribution >= 0.6 is 0 Å². The van der Waals surface area contributed by atoms with Gasteiger partial charge in [-0.25, -0.2) is 17.9 Å². The lowest BCUT2D eigenvalue weighted by Gasteiger charge is -2.15. The SMILES string of the molecule is C[C@@H](OC(=O)c1cccc(S(=O)(=O)N[C@H](C)c2ccccc2)c1)C(N)=O. The van der Waals surface area contributed by atoms with Crippen LogP contribution in [-0.2, 0) is 19.6 Å². The van der Waals surface area contributed by atoms with E-state index in [1.54, 1.807) is 6.92 Å². The van der Waals surface area contributed by atoms with E-state index in [2.05, 4.69) is 4.72 Å². The zero-order chi connectivity index (χ0) is 19.3. The van der Waals surface area contributed by atoms with E-state index in [4.69, 9.17) is 10.5 Å². The Labute approximate surface area is 152 Å². The molecule has 2 rings (SSSR count). The number of carbonyl (C=O) groups is 2. The van der Waals surface area contributed by atoms with Gasteiger partial charge in [0.15, 0.2) is 6.10 Å². The number of rotatable bonds is 7. The van der Waals surface area contributed by atoms with Crippen LogP contribution in [-0.4, -0.2) is 26.4 Å². The quantitative estimate of drug-likeness (QED) is 0.714. The molecule has 2 aromatic rings. The molecule has 0 saturated heterocycles. The maximum absolute atomic E-state index is 12.6. The van der Waals surface area contributed by atoms with Crippen LogP contribution in [0.2, 0.25) is 0 Å². The molecule has 0 aromatic heterocycles. The van der Waals surface area contributed by atoms with E-state index in [9.17, 15) is 18.0 Å². The summed E-state index contributed by atoms with van der Waals surface area (Å²) in [6, 6.07) is 14.0. The summed E-state index contributed by atoms with van der Waals surface area (Å²) in [7, 11) is -3.86. The Morgan fingerprint density at radius 3 is 2.31 bits per heavy atom. The van der Waals surface area contributed by atoms with Gasteiger partial charge in [0.2, 0.25) is 10.0 Å². The van der Waals surface area contributed by atoms with E-state index in [1.165, 1.54) is 31.2 Å². The molecule has 2 aromatic carbocycles. The number of hydrogen-bond donors (Lipinski definition) is 2. The first-order valence-corrected chi connectivity index (χ1v) is 9.36. The Hall–Kier alpha value is -2.71. The highest BCUT2D eigenvalue weighted by atomic mass is 32.2. The third kappa shape index (κ3) is 4.90. The highest BCUT2D eigenvalue weighted by molar-refractivity contribution is 7.89. The average molecular weight is 376 g/mol. The molecule has 7 nitrogen and oxygen atoms in total. The van der Waals surface area contributed by atoms with Crippen molar-refractivity contribution in [2.45, 2.75) is 30.9 Å². The number of benzene rings is 2. The smallest absolute Gasteiger partial charge is 0.338 e. The minimum Gasteiger partial charge on any atom is -0.449 e. The van der Waals surface area contributed by atoms with Crippen LogP contribution in [0.5, 0.6) is 0 Å². The monoisotopic (exact) mass is 376 g/mol. The summed E-state index contributed by atoms with van der Waals surface area (Å²) in [5.74, 6) is -1.62. The Morgan fingerprint density at radius 1 is 1.04 bits per heavy atom. The van der Waals surface area contributed by atoms with Crippen LogP contribution < -0.4 is 10.5 Å². The number of amides is 1. The van der Waals surface area contributed by atoms with Gasteiger partial charge in [0.25, 0.3) is 5.91 Å². The molecule has 3 N–H and O–H groups in total. The van der Waals surface area contributed by atoms with Gasteiger partial charge in [-0.05, 0) is 37.6 Å². The number of nitrogens with two attached hydrogens (primary N) is 1. The summed E-state index contributed by atoms with van der Waals surface area (Å²) >= 11 is 0. The van der Waals surface area contributed by atoms with Crippen LogP contribution in [0.3, 0.4) is 0 Å². The van der Waals surface area contributed by atoms with E-state index in [1.807, 2.05) is 30.3 Å². The second kappa shape index (κ2) is 8.11. The molecule has 138 valence electrons.